The lowest BCUT2D eigenvalue weighted by molar-refractivity contribution is -0.137. The molecule has 0 saturated carbocycles. The van der Waals surface area contributed by atoms with Crippen LogP contribution in [0.1, 0.15) is 40.4 Å². The van der Waals surface area contributed by atoms with Gasteiger partial charge < -0.3 is 10.2 Å². The van der Waals surface area contributed by atoms with Gasteiger partial charge in [0, 0.05) is 31.9 Å². The number of likely N-dealkylation sites (tertiary alicyclic amines) is 1. The van der Waals surface area contributed by atoms with Crippen LogP contribution in [-0.2, 0) is 6.18 Å². The van der Waals surface area contributed by atoms with Gasteiger partial charge in [-0.3, -0.25) is 9.69 Å². The van der Waals surface area contributed by atoms with Crippen LogP contribution in [0.25, 0.3) is 0 Å². The highest BCUT2D eigenvalue weighted by molar-refractivity contribution is 5.94. The Bertz CT molecular complexity index is 811. The summed E-state index contributed by atoms with van der Waals surface area (Å²) in [6, 6.07) is 12.6. The minimum atomic E-state index is -4.41. The molecule has 1 atom stereocenters. The fourth-order valence-electron chi connectivity index (χ4n) is 3.61. The van der Waals surface area contributed by atoms with E-state index in [1.807, 2.05) is 19.0 Å². The zero-order valence-corrected chi connectivity index (χ0v) is 16.7. The first-order valence-electron chi connectivity index (χ1n) is 9.72. The number of hydrogen-bond donors (Lipinski definition) is 1. The Morgan fingerprint density at radius 3 is 2.14 bits per heavy atom. The highest BCUT2D eigenvalue weighted by atomic mass is 19.4. The van der Waals surface area contributed by atoms with Gasteiger partial charge in [0.15, 0.2) is 0 Å². The van der Waals surface area contributed by atoms with Gasteiger partial charge in [-0.2, -0.15) is 13.2 Å². The highest BCUT2D eigenvalue weighted by Gasteiger charge is 2.30. The molecule has 1 amide bonds. The summed E-state index contributed by atoms with van der Waals surface area (Å²) in [5, 5.41) is 2.90. The number of hydrogen-bond acceptors (Lipinski definition) is 3. The summed E-state index contributed by atoms with van der Waals surface area (Å²) in [6.45, 7) is 2.34. The van der Waals surface area contributed by atoms with Gasteiger partial charge in [0.05, 0.1) is 11.6 Å². The first-order valence-corrected chi connectivity index (χ1v) is 9.72. The molecule has 1 N–H and O–H groups in total. The number of alkyl halides is 3. The molecule has 1 aliphatic heterocycles. The second-order valence-corrected chi connectivity index (χ2v) is 7.53. The Balaban J connectivity index is 1.70. The van der Waals surface area contributed by atoms with Crippen molar-refractivity contribution in [2.45, 2.75) is 25.1 Å². The molecule has 1 aliphatic rings. The lowest BCUT2D eigenvalue weighted by atomic mass is 10.0. The lowest BCUT2D eigenvalue weighted by Gasteiger charge is -2.28. The Hall–Kier alpha value is -2.54. The van der Waals surface area contributed by atoms with Gasteiger partial charge in [-0.05, 0) is 67.9 Å². The summed E-state index contributed by atoms with van der Waals surface area (Å²) in [4.78, 5) is 16.9. The molecule has 0 aromatic heterocycles. The Morgan fingerprint density at radius 1 is 1.03 bits per heavy atom. The number of anilines is 1. The molecule has 156 valence electrons. The molecule has 1 saturated heterocycles. The molecule has 2 aromatic carbocycles. The molecule has 0 bridgehead atoms. The lowest BCUT2D eigenvalue weighted by Crippen LogP contribution is -2.36. The van der Waals surface area contributed by atoms with Gasteiger partial charge in [0.25, 0.3) is 5.91 Å². The first kappa shape index (κ1) is 21.2. The summed E-state index contributed by atoms with van der Waals surface area (Å²) in [5.41, 5.74) is 1.68. The van der Waals surface area contributed by atoms with Crippen molar-refractivity contribution in [2.75, 3.05) is 38.6 Å². The number of carbonyl (C=O) groups excluding carboxylic acids is 1. The molecular formula is C22H26F3N3O. The van der Waals surface area contributed by atoms with E-state index in [1.165, 1.54) is 12.1 Å². The van der Waals surface area contributed by atoms with Crippen LogP contribution in [0.5, 0.6) is 0 Å². The van der Waals surface area contributed by atoms with Crippen molar-refractivity contribution >= 4 is 11.6 Å². The molecule has 2 aromatic rings. The summed E-state index contributed by atoms with van der Waals surface area (Å²) >= 11 is 0. The fraction of sp³-hybridized carbons (Fsp3) is 0.409. The van der Waals surface area contributed by atoms with Crippen molar-refractivity contribution in [3.8, 4) is 0 Å². The summed E-state index contributed by atoms with van der Waals surface area (Å²) < 4.78 is 38.1. The van der Waals surface area contributed by atoms with Gasteiger partial charge in [-0.25, -0.2) is 0 Å². The first-order chi connectivity index (χ1) is 13.8. The van der Waals surface area contributed by atoms with Gasteiger partial charge in [0.1, 0.15) is 0 Å². The maximum Gasteiger partial charge on any atom is 0.416 e. The zero-order chi connectivity index (χ0) is 21.0. The van der Waals surface area contributed by atoms with Crippen LogP contribution in [-0.4, -0.2) is 44.5 Å². The standard InChI is InChI=1S/C22H26F3N3O/c1-27(2)19-11-7-16(8-12-19)20(28-13-3-4-14-28)15-26-21(29)17-5-9-18(10-6-17)22(23,24)25/h5-12,20H,3-4,13-15H2,1-2H3,(H,26,29)/t20-/m0/s1. The molecular weight excluding hydrogens is 379 g/mol. The molecule has 0 radical (unpaired) electrons. The maximum absolute atomic E-state index is 12.7. The average Bonchev–Trinajstić information content (AvgIpc) is 3.22. The van der Waals surface area contributed by atoms with Crippen LogP contribution in [0.2, 0.25) is 0 Å². The van der Waals surface area contributed by atoms with Crippen molar-refractivity contribution in [2.24, 2.45) is 0 Å². The molecule has 4 nitrogen and oxygen atoms in total. The quantitative estimate of drug-likeness (QED) is 0.777. The number of rotatable bonds is 6. The molecule has 0 aliphatic carbocycles. The van der Waals surface area contributed by atoms with Crippen LogP contribution in [0, 0.1) is 0 Å². The van der Waals surface area contributed by atoms with Gasteiger partial charge in [-0.15, -0.1) is 0 Å². The third-order valence-electron chi connectivity index (χ3n) is 5.31. The zero-order valence-electron chi connectivity index (χ0n) is 16.7. The van der Waals surface area contributed by atoms with E-state index < -0.39 is 11.7 Å². The van der Waals surface area contributed by atoms with Crippen LogP contribution < -0.4 is 10.2 Å². The van der Waals surface area contributed by atoms with E-state index in [4.69, 9.17) is 0 Å². The maximum atomic E-state index is 12.7. The minimum Gasteiger partial charge on any atom is -0.378 e. The van der Waals surface area contributed by atoms with E-state index in [1.54, 1.807) is 0 Å². The second kappa shape index (κ2) is 8.86. The molecule has 0 spiro atoms. The molecule has 1 heterocycles. The van der Waals surface area contributed by atoms with Crippen molar-refractivity contribution in [3.05, 3.63) is 65.2 Å². The number of amides is 1. The smallest absolute Gasteiger partial charge is 0.378 e. The van der Waals surface area contributed by atoms with Crippen molar-refractivity contribution in [3.63, 3.8) is 0 Å². The third-order valence-corrected chi connectivity index (χ3v) is 5.31. The number of nitrogens with one attached hydrogen (secondary N) is 1. The number of halogens is 3. The molecule has 7 heteroatoms. The second-order valence-electron chi connectivity index (χ2n) is 7.53. The van der Waals surface area contributed by atoms with Crippen LogP contribution in [0.4, 0.5) is 18.9 Å². The summed E-state index contributed by atoms with van der Waals surface area (Å²) in [5.74, 6) is -0.368. The van der Waals surface area contributed by atoms with Crippen molar-refractivity contribution in [1.29, 1.82) is 0 Å². The summed E-state index contributed by atoms with van der Waals surface area (Å²) in [7, 11) is 3.97. The molecule has 1 fully saturated rings. The predicted octanol–water partition coefficient (Wildman–Crippen LogP) is 4.34. The third kappa shape index (κ3) is 5.29. The van der Waals surface area contributed by atoms with Crippen molar-refractivity contribution < 1.29 is 18.0 Å². The molecule has 0 unspecified atom stereocenters. The topological polar surface area (TPSA) is 35.6 Å². The minimum absolute atomic E-state index is 0.0344. The van der Waals surface area contributed by atoms with Gasteiger partial charge >= 0.3 is 6.18 Å². The Labute approximate surface area is 169 Å². The monoisotopic (exact) mass is 405 g/mol. The van der Waals surface area contributed by atoms with Gasteiger partial charge in [0.2, 0.25) is 0 Å². The normalized spacial score (nSPS) is 15.9. The Morgan fingerprint density at radius 2 is 1.62 bits per heavy atom. The number of benzene rings is 2. The molecule has 29 heavy (non-hydrogen) atoms. The van der Waals surface area contributed by atoms with Crippen LogP contribution >= 0.6 is 0 Å². The van der Waals surface area contributed by atoms with E-state index >= 15 is 0 Å². The Kier molecular flexibility index (Phi) is 6.47. The summed E-state index contributed by atoms with van der Waals surface area (Å²) in [6.07, 6.45) is -2.16. The van der Waals surface area contributed by atoms with Gasteiger partial charge in [-0.1, -0.05) is 12.1 Å². The average molecular weight is 405 g/mol. The van der Waals surface area contributed by atoms with E-state index in [0.717, 1.165) is 49.3 Å². The highest BCUT2D eigenvalue weighted by Crippen LogP contribution is 2.29. The van der Waals surface area contributed by atoms with E-state index in [9.17, 15) is 18.0 Å². The van der Waals surface area contributed by atoms with E-state index in [-0.39, 0.29) is 17.5 Å². The number of nitrogens with zero attached hydrogens (tertiary/aromatic N) is 2. The number of carbonyl (C=O) groups is 1. The molecule has 3 rings (SSSR count). The van der Waals surface area contributed by atoms with E-state index in [0.29, 0.717) is 6.54 Å². The van der Waals surface area contributed by atoms with Crippen LogP contribution in [0.3, 0.4) is 0 Å². The van der Waals surface area contributed by atoms with Crippen LogP contribution in [0.15, 0.2) is 48.5 Å². The van der Waals surface area contributed by atoms with Crippen molar-refractivity contribution in [1.82, 2.24) is 10.2 Å². The SMILES string of the molecule is CN(C)c1ccc([C@H](CNC(=O)c2ccc(C(F)(F)F)cc2)N2CCCC2)cc1. The largest absolute Gasteiger partial charge is 0.416 e. The predicted molar refractivity (Wildman–Crippen MR) is 108 cm³/mol. The van der Waals surface area contributed by atoms with E-state index in [2.05, 4.69) is 34.5 Å². The fourth-order valence-corrected chi connectivity index (χ4v) is 3.61.